The average molecular weight is 469 g/mol. The van der Waals surface area contributed by atoms with E-state index in [1.807, 2.05) is 0 Å². The molecule has 0 aromatic heterocycles. The average Bonchev–Trinajstić information content (AvgIpc) is 2.78. The zero-order valence-corrected chi connectivity index (χ0v) is 22.3. The Morgan fingerprint density at radius 3 is 1.15 bits per heavy atom. The second kappa shape index (κ2) is 13.8. The predicted octanol–water partition coefficient (Wildman–Crippen LogP) is 6.09. The van der Waals surface area contributed by atoms with Crippen molar-refractivity contribution in [2.45, 2.75) is 136 Å². The summed E-state index contributed by atoms with van der Waals surface area (Å²) < 4.78 is 0. The standard InChI is InChI=1S/C29H56O4/c1-28(2,20-30)18-8-16-24-14-6-12-22(26(24)32)10-5-11-23-13-7-15-25(27(23)33)17-9-19-29(3,4)21-31/h22-27,30-33H,5-21H2,1-4H3. The molecule has 0 spiro atoms. The lowest BCUT2D eigenvalue weighted by atomic mass is 9.72. The van der Waals surface area contributed by atoms with Crippen molar-refractivity contribution in [3.8, 4) is 0 Å². The third kappa shape index (κ3) is 9.78. The summed E-state index contributed by atoms with van der Waals surface area (Å²) in [6.45, 7) is 8.94. The third-order valence-corrected chi connectivity index (χ3v) is 9.09. The van der Waals surface area contributed by atoms with Crippen LogP contribution in [-0.2, 0) is 0 Å². The lowest BCUT2D eigenvalue weighted by Gasteiger charge is -2.37. The highest BCUT2D eigenvalue weighted by molar-refractivity contribution is 4.85. The molecule has 6 atom stereocenters. The van der Waals surface area contributed by atoms with Gasteiger partial charge in [-0.2, -0.15) is 0 Å². The number of aliphatic hydroxyl groups excluding tert-OH is 4. The first-order chi connectivity index (χ1) is 15.6. The van der Waals surface area contributed by atoms with Crippen LogP contribution in [0.15, 0.2) is 0 Å². The van der Waals surface area contributed by atoms with Crippen molar-refractivity contribution >= 4 is 0 Å². The molecule has 0 radical (unpaired) electrons. The van der Waals surface area contributed by atoms with E-state index in [-0.39, 0.29) is 36.3 Å². The summed E-state index contributed by atoms with van der Waals surface area (Å²) in [6, 6.07) is 0. The molecule has 4 nitrogen and oxygen atoms in total. The Kier molecular flexibility index (Phi) is 12.2. The minimum absolute atomic E-state index is 0.00719. The van der Waals surface area contributed by atoms with Gasteiger partial charge in [-0.3, -0.25) is 0 Å². The predicted molar refractivity (Wildman–Crippen MR) is 137 cm³/mol. The summed E-state index contributed by atoms with van der Waals surface area (Å²) in [6.07, 6.45) is 16.4. The second-order valence-electron chi connectivity index (χ2n) is 13.2. The molecule has 0 saturated heterocycles. The lowest BCUT2D eigenvalue weighted by Crippen LogP contribution is -2.35. The highest BCUT2D eigenvalue weighted by atomic mass is 16.3. The molecule has 2 saturated carbocycles. The van der Waals surface area contributed by atoms with E-state index in [0.29, 0.717) is 23.7 Å². The SMILES string of the molecule is CC(C)(CO)CCCC1CCCC(CCCC2CCCC(CCCC(C)(C)CO)C2O)C1O. The van der Waals surface area contributed by atoms with Gasteiger partial charge >= 0.3 is 0 Å². The fraction of sp³-hybridized carbons (Fsp3) is 1.00. The molecule has 2 rings (SSSR count). The molecule has 0 aromatic carbocycles. The molecule has 0 bridgehead atoms. The van der Waals surface area contributed by atoms with Crippen LogP contribution in [0, 0.1) is 34.5 Å². The van der Waals surface area contributed by atoms with Gasteiger partial charge in [-0.25, -0.2) is 0 Å². The molecule has 4 heteroatoms. The maximum absolute atomic E-state index is 11.0. The summed E-state index contributed by atoms with van der Waals surface area (Å²) in [5.41, 5.74) is -0.0144. The summed E-state index contributed by atoms with van der Waals surface area (Å²) in [5, 5.41) is 41.0. The van der Waals surface area contributed by atoms with E-state index in [9.17, 15) is 20.4 Å². The van der Waals surface area contributed by atoms with Crippen molar-refractivity contribution < 1.29 is 20.4 Å². The van der Waals surface area contributed by atoms with Gasteiger partial charge in [0, 0.05) is 13.2 Å². The number of hydrogen-bond donors (Lipinski definition) is 4. The summed E-state index contributed by atoms with van der Waals surface area (Å²) in [4.78, 5) is 0. The van der Waals surface area contributed by atoms with E-state index >= 15 is 0 Å². The van der Waals surface area contributed by atoms with Crippen LogP contribution in [0.3, 0.4) is 0 Å². The van der Waals surface area contributed by atoms with Crippen molar-refractivity contribution in [2.24, 2.45) is 34.5 Å². The molecule has 0 amide bonds. The van der Waals surface area contributed by atoms with E-state index in [1.54, 1.807) is 0 Å². The lowest BCUT2D eigenvalue weighted by molar-refractivity contribution is -0.00429. The minimum Gasteiger partial charge on any atom is -0.396 e. The van der Waals surface area contributed by atoms with Gasteiger partial charge in [0.15, 0.2) is 0 Å². The van der Waals surface area contributed by atoms with Gasteiger partial charge in [0.25, 0.3) is 0 Å². The number of aliphatic hydroxyl groups is 4. The van der Waals surface area contributed by atoms with E-state index in [4.69, 9.17) is 0 Å². The van der Waals surface area contributed by atoms with Gasteiger partial charge in [0.05, 0.1) is 12.2 Å². The molecule has 33 heavy (non-hydrogen) atoms. The van der Waals surface area contributed by atoms with Crippen molar-refractivity contribution in [3.63, 3.8) is 0 Å². The Hall–Kier alpha value is -0.160. The van der Waals surface area contributed by atoms with Gasteiger partial charge in [-0.15, -0.1) is 0 Å². The Labute approximate surface area is 204 Å². The van der Waals surface area contributed by atoms with Crippen LogP contribution in [0.2, 0.25) is 0 Å². The van der Waals surface area contributed by atoms with Crippen molar-refractivity contribution in [3.05, 3.63) is 0 Å². The Morgan fingerprint density at radius 2 is 0.848 bits per heavy atom. The van der Waals surface area contributed by atoms with Crippen LogP contribution in [0.25, 0.3) is 0 Å². The Bertz CT molecular complexity index is 486. The first-order valence-corrected chi connectivity index (χ1v) is 14.2. The zero-order valence-electron chi connectivity index (χ0n) is 22.3. The number of hydrogen-bond acceptors (Lipinski definition) is 4. The van der Waals surface area contributed by atoms with E-state index in [2.05, 4.69) is 27.7 Å². The fourth-order valence-electron chi connectivity index (χ4n) is 6.48. The molecule has 2 aliphatic rings. The normalized spacial score (nSPS) is 31.6. The molecule has 196 valence electrons. The minimum atomic E-state index is -0.171. The monoisotopic (exact) mass is 468 g/mol. The molecule has 6 unspecified atom stereocenters. The van der Waals surface area contributed by atoms with Crippen LogP contribution >= 0.6 is 0 Å². The Balaban J connectivity index is 1.71. The van der Waals surface area contributed by atoms with E-state index in [0.717, 1.165) is 83.5 Å². The summed E-state index contributed by atoms with van der Waals surface area (Å²) in [7, 11) is 0. The largest absolute Gasteiger partial charge is 0.396 e. The van der Waals surface area contributed by atoms with Gasteiger partial charge < -0.3 is 20.4 Å². The fourth-order valence-corrected chi connectivity index (χ4v) is 6.48. The van der Waals surface area contributed by atoms with Crippen LogP contribution in [0.4, 0.5) is 0 Å². The third-order valence-electron chi connectivity index (χ3n) is 9.09. The molecule has 0 heterocycles. The molecule has 0 aromatic rings. The molecule has 4 N–H and O–H groups in total. The number of rotatable bonds is 14. The second-order valence-corrected chi connectivity index (χ2v) is 13.2. The highest BCUT2D eigenvalue weighted by Gasteiger charge is 2.34. The highest BCUT2D eigenvalue weighted by Crippen LogP contribution is 2.39. The van der Waals surface area contributed by atoms with Crippen LogP contribution < -0.4 is 0 Å². The quantitative estimate of drug-likeness (QED) is 0.249. The van der Waals surface area contributed by atoms with Crippen LogP contribution in [0.5, 0.6) is 0 Å². The maximum Gasteiger partial charge on any atom is 0.0596 e. The van der Waals surface area contributed by atoms with E-state index < -0.39 is 0 Å². The smallest absolute Gasteiger partial charge is 0.0596 e. The first kappa shape index (κ1) is 29.1. The summed E-state index contributed by atoms with van der Waals surface area (Å²) >= 11 is 0. The van der Waals surface area contributed by atoms with Crippen LogP contribution in [-0.4, -0.2) is 45.8 Å². The molecular formula is C29H56O4. The Morgan fingerprint density at radius 1 is 0.545 bits per heavy atom. The molecule has 0 aliphatic heterocycles. The van der Waals surface area contributed by atoms with Gasteiger partial charge in [0.2, 0.25) is 0 Å². The molecular weight excluding hydrogens is 412 g/mol. The van der Waals surface area contributed by atoms with Crippen LogP contribution in [0.1, 0.15) is 124 Å². The molecule has 2 aliphatic carbocycles. The van der Waals surface area contributed by atoms with Crippen molar-refractivity contribution in [1.82, 2.24) is 0 Å². The summed E-state index contributed by atoms with van der Waals surface area (Å²) in [5.74, 6) is 1.69. The van der Waals surface area contributed by atoms with E-state index in [1.165, 1.54) is 12.8 Å². The van der Waals surface area contributed by atoms with Gasteiger partial charge in [-0.05, 0) is 98.7 Å². The topological polar surface area (TPSA) is 80.9 Å². The zero-order chi connectivity index (χ0) is 24.5. The first-order valence-electron chi connectivity index (χ1n) is 14.2. The van der Waals surface area contributed by atoms with Crippen molar-refractivity contribution in [1.29, 1.82) is 0 Å². The maximum atomic E-state index is 11.0. The van der Waals surface area contributed by atoms with Crippen molar-refractivity contribution in [2.75, 3.05) is 13.2 Å². The van der Waals surface area contributed by atoms with Gasteiger partial charge in [0.1, 0.15) is 0 Å². The van der Waals surface area contributed by atoms with Gasteiger partial charge in [-0.1, -0.05) is 59.8 Å². The molecule has 2 fully saturated rings.